The van der Waals surface area contributed by atoms with Gasteiger partial charge in [-0.2, -0.15) is 0 Å². The number of halogens is 1. The highest BCUT2D eigenvalue weighted by molar-refractivity contribution is 8.01. The Bertz CT molecular complexity index is 950. The van der Waals surface area contributed by atoms with E-state index in [1.165, 1.54) is 35.5 Å². The van der Waals surface area contributed by atoms with Crippen molar-refractivity contribution in [2.24, 2.45) is 0 Å². The first-order chi connectivity index (χ1) is 13.6. The van der Waals surface area contributed by atoms with Crippen LogP contribution in [0.15, 0.2) is 58.9 Å². The molecule has 1 aromatic heterocycles. The number of rotatable bonds is 8. The molecule has 0 bridgehead atoms. The first-order valence-electron chi connectivity index (χ1n) is 8.44. The maximum atomic E-state index is 13.2. The topological polar surface area (TPSA) is 84.0 Å². The van der Waals surface area contributed by atoms with Crippen molar-refractivity contribution in [3.05, 3.63) is 71.5 Å². The predicted octanol–water partition coefficient (Wildman–Crippen LogP) is 3.38. The highest BCUT2D eigenvalue weighted by Crippen LogP contribution is 2.25. The van der Waals surface area contributed by atoms with Gasteiger partial charge in [-0.25, -0.2) is 4.39 Å². The van der Waals surface area contributed by atoms with Crippen molar-refractivity contribution >= 4 is 40.0 Å². The molecule has 0 atom stereocenters. The molecule has 1 heterocycles. The molecular formula is C19H17FN4O2S2. The van der Waals surface area contributed by atoms with E-state index in [4.69, 9.17) is 0 Å². The lowest BCUT2D eigenvalue weighted by Gasteiger charge is -2.04. The van der Waals surface area contributed by atoms with E-state index in [-0.39, 0.29) is 17.2 Å². The molecular weight excluding hydrogens is 399 g/mol. The second-order valence-electron chi connectivity index (χ2n) is 5.71. The zero-order valence-electron chi connectivity index (χ0n) is 14.7. The van der Waals surface area contributed by atoms with Crippen LogP contribution in [0.25, 0.3) is 0 Å². The maximum absolute atomic E-state index is 13.2. The Hall–Kier alpha value is -2.78. The Balaban J connectivity index is 1.41. The van der Waals surface area contributed by atoms with E-state index in [9.17, 15) is 14.0 Å². The molecule has 2 amide bonds. The van der Waals surface area contributed by atoms with Gasteiger partial charge in [-0.1, -0.05) is 59.5 Å². The van der Waals surface area contributed by atoms with Crippen molar-refractivity contribution in [2.45, 2.75) is 10.8 Å². The Morgan fingerprint density at radius 1 is 1.07 bits per heavy atom. The number of hydrogen-bond acceptors (Lipinski definition) is 6. The SMILES string of the molecule is O=C(CSc1nnc(NC(=O)c2cccc(F)c2)s1)NCCc1ccccc1. The Kier molecular flexibility index (Phi) is 7.10. The summed E-state index contributed by atoms with van der Waals surface area (Å²) < 4.78 is 13.7. The zero-order chi connectivity index (χ0) is 19.8. The average Bonchev–Trinajstić information content (AvgIpc) is 3.14. The molecule has 0 saturated heterocycles. The number of benzene rings is 2. The van der Waals surface area contributed by atoms with Crippen LogP contribution in [0.4, 0.5) is 9.52 Å². The molecule has 144 valence electrons. The molecule has 0 aliphatic carbocycles. The van der Waals surface area contributed by atoms with Gasteiger partial charge in [0, 0.05) is 12.1 Å². The monoisotopic (exact) mass is 416 g/mol. The van der Waals surface area contributed by atoms with E-state index in [0.717, 1.165) is 23.8 Å². The summed E-state index contributed by atoms with van der Waals surface area (Å²) in [6, 6.07) is 15.3. The fraction of sp³-hybridized carbons (Fsp3) is 0.158. The smallest absolute Gasteiger partial charge is 0.257 e. The van der Waals surface area contributed by atoms with Crippen LogP contribution in [-0.2, 0) is 11.2 Å². The normalized spacial score (nSPS) is 10.5. The molecule has 0 saturated carbocycles. The van der Waals surface area contributed by atoms with E-state index in [2.05, 4.69) is 20.8 Å². The summed E-state index contributed by atoms with van der Waals surface area (Å²) in [7, 11) is 0. The predicted molar refractivity (Wildman–Crippen MR) is 108 cm³/mol. The number of nitrogens with one attached hydrogen (secondary N) is 2. The van der Waals surface area contributed by atoms with Crippen LogP contribution in [0.1, 0.15) is 15.9 Å². The van der Waals surface area contributed by atoms with Gasteiger partial charge in [-0.3, -0.25) is 14.9 Å². The molecule has 28 heavy (non-hydrogen) atoms. The van der Waals surface area contributed by atoms with Crippen molar-refractivity contribution in [1.29, 1.82) is 0 Å². The fourth-order valence-corrected chi connectivity index (χ4v) is 3.86. The molecule has 3 rings (SSSR count). The standard InChI is InChI=1S/C19H17FN4O2S2/c20-15-8-4-7-14(11-15)17(26)22-18-23-24-19(28-18)27-12-16(25)21-10-9-13-5-2-1-3-6-13/h1-8,11H,9-10,12H2,(H,21,25)(H,22,23,26). The van der Waals surface area contributed by atoms with Crippen LogP contribution in [-0.4, -0.2) is 34.3 Å². The minimum absolute atomic E-state index is 0.0959. The van der Waals surface area contributed by atoms with Gasteiger partial charge in [0.1, 0.15) is 5.82 Å². The van der Waals surface area contributed by atoms with Crippen LogP contribution >= 0.6 is 23.1 Å². The van der Waals surface area contributed by atoms with E-state index in [1.54, 1.807) is 0 Å². The van der Waals surface area contributed by atoms with Crippen molar-refractivity contribution in [1.82, 2.24) is 15.5 Å². The summed E-state index contributed by atoms with van der Waals surface area (Å²) >= 11 is 2.40. The molecule has 0 radical (unpaired) electrons. The Morgan fingerprint density at radius 2 is 1.89 bits per heavy atom. The van der Waals surface area contributed by atoms with E-state index >= 15 is 0 Å². The summed E-state index contributed by atoms with van der Waals surface area (Å²) in [5, 5.41) is 13.5. The molecule has 0 unspecified atom stereocenters. The van der Waals surface area contributed by atoms with Gasteiger partial charge in [0.25, 0.3) is 5.91 Å². The molecule has 0 fully saturated rings. The maximum Gasteiger partial charge on any atom is 0.257 e. The summed E-state index contributed by atoms with van der Waals surface area (Å²) in [6.45, 7) is 0.564. The first-order valence-corrected chi connectivity index (χ1v) is 10.2. The number of aromatic nitrogens is 2. The quantitative estimate of drug-likeness (QED) is 0.434. The third-order valence-electron chi connectivity index (χ3n) is 3.62. The molecule has 9 heteroatoms. The number of amides is 2. The molecule has 2 N–H and O–H groups in total. The van der Waals surface area contributed by atoms with Gasteiger partial charge in [-0.15, -0.1) is 10.2 Å². The minimum atomic E-state index is -0.487. The zero-order valence-corrected chi connectivity index (χ0v) is 16.4. The van der Waals surface area contributed by atoms with Gasteiger partial charge in [0.05, 0.1) is 5.75 Å². The summed E-state index contributed by atoms with van der Waals surface area (Å²) in [5.74, 6) is -0.840. The van der Waals surface area contributed by atoms with E-state index in [1.807, 2.05) is 30.3 Å². The molecule has 2 aromatic carbocycles. The third kappa shape index (κ3) is 6.14. The van der Waals surface area contributed by atoms with Gasteiger partial charge in [0.15, 0.2) is 4.34 Å². The largest absolute Gasteiger partial charge is 0.355 e. The second-order valence-corrected chi connectivity index (χ2v) is 7.91. The number of anilines is 1. The number of carbonyl (C=O) groups is 2. The first kappa shape index (κ1) is 20.0. The number of nitrogens with zero attached hydrogens (tertiary/aromatic N) is 2. The lowest BCUT2D eigenvalue weighted by atomic mass is 10.1. The van der Waals surface area contributed by atoms with Gasteiger partial charge in [0.2, 0.25) is 11.0 Å². The molecule has 0 aliphatic rings. The lowest BCUT2D eigenvalue weighted by molar-refractivity contribution is -0.118. The summed E-state index contributed by atoms with van der Waals surface area (Å²) in [4.78, 5) is 24.0. The Morgan fingerprint density at radius 3 is 2.68 bits per heavy atom. The van der Waals surface area contributed by atoms with E-state index in [0.29, 0.717) is 16.0 Å². The van der Waals surface area contributed by atoms with Crippen LogP contribution in [0.3, 0.4) is 0 Å². The molecule has 0 spiro atoms. The van der Waals surface area contributed by atoms with Crippen LogP contribution in [0.5, 0.6) is 0 Å². The number of hydrogen-bond donors (Lipinski definition) is 2. The third-order valence-corrected chi connectivity index (χ3v) is 5.59. The van der Waals surface area contributed by atoms with Crippen molar-refractivity contribution in [2.75, 3.05) is 17.6 Å². The van der Waals surface area contributed by atoms with Crippen molar-refractivity contribution in [3.8, 4) is 0 Å². The van der Waals surface area contributed by atoms with Crippen molar-refractivity contribution < 1.29 is 14.0 Å². The minimum Gasteiger partial charge on any atom is -0.355 e. The summed E-state index contributed by atoms with van der Waals surface area (Å²) in [6.07, 6.45) is 0.770. The highest BCUT2D eigenvalue weighted by atomic mass is 32.2. The Labute approximate surface area is 169 Å². The van der Waals surface area contributed by atoms with Crippen molar-refractivity contribution in [3.63, 3.8) is 0 Å². The van der Waals surface area contributed by atoms with Crippen LogP contribution < -0.4 is 10.6 Å². The van der Waals surface area contributed by atoms with Gasteiger partial charge >= 0.3 is 0 Å². The second kappa shape index (κ2) is 9.95. The van der Waals surface area contributed by atoms with E-state index < -0.39 is 11.7 Å². The molecule has 3 aromatic rings. The molecule has 0 aliphatic heterocycles. The molecule has 6 nitrogen and oxygen atoms in total. The summed E-state index contributed by atoms with van der Waals surface area (Å²) in [5.41, 5.74) is 1.36. The van der Waals surface area contributed by atoms with Crippen LogP contribution in [0.2, 0.25) is 0 Å². The van der Waals surface area contributed by atoms with Crippen LogP contribution in [0, 0.1) is 5.82 Å². The lowest BCUT2D eigenvalue weighted by Crippen LogP contribution is -2.27. The average molecular weight is 417 g/mol. The van der Waals surface area contributed by atoms with Gasteiger partial charge < -0.3 is 5.32 Å². The fourth-order valence-electron chi connectivity index (χ4n) is 2.29. The highest BCUT2D eigenvalue weighted by Gasteiger charge is 2.12. The number of carbonyl (C=O) groups excluding carboxylic acids is 2. The van der Waals surface area contributed by atoms with Gasteiger partial charge in [-0.05, 0) is 30.2 Å². The number of thioether (sulfide) groups is 1.